The van der Waals surface area contributed by atoms with Crippen LogP contribution in [0.3, 0.4) is 0 Å². The third kappa shape index (κ3) is 3.99. The maximum absolute atomic E-state index is 11.8. The number of sulfone groups is 1. The van der Waals surface area contributed by atoms with Crippen molar-refractivity contribution in [1.29, 1.82) is 0 Å². The van der Waals surface area contributed by atoms with E-state index >= 15 is 0 Å². The van der Waals surface area contributed by atoms with Gasteiger partial charge in [0.25, 0.3) is 0 Å². The highest BCUT2D eigenvalue weighted by Crippen LogP contribution is 2.27. The van der Waals surface area contributed by atoms with E-state index in [-0.39, 0.29) is 23.0 Å². The van der Waals surface area contributed by atoms with E-state index in [4.69, 9.17) is 5.11 Å². The van der Waals surface area contributed by atoms with E-state index in [2.05, 4.69) is 0 Å². The van der Waals surface area contributed by atoms with Crippen molar-refractivity contribution in [1.82, 2.24) is 0 Å². The molecule has 0 aliphatic rings. The normalized spacial score (nSPS) is 13.6. The molecule has 4 nitrogen and oxygen atoms in total. The molecule has 0 spiro atoms. The molecule has 1 unspecified atom stereocenters. The average molecular weight is 276 g/mol. The van der Waals surface area contributed by atoms with Gasteiger partial charge in [-0.2, -0.15) is 0 Å². The van der Waals surface area contributed by atoms with Gasteiger partial charge in [0.1, 0.15) is 0 Å². The highest BCUT2D eigenvalue weighted by atomic mass is 32.2. The van der Waals surface area contributed by atoms with Gasteiger partial charge in [-0.25, -0.2) is 8.42 Å². The molecule has 0 saturated carbocycles. The molecule has 96 valence electrons. The predicted molar refractivity (Wildman–Crippen MR) is 68.0 cm³/mol. The molecular formula is C11H16O4S2. The van der Waals surface area contributed by atoms with E-state index in [1.54, 1.807) is 31.2 Å². The first-order chi connectivity index (χ1) is 8.01. The van der Waals surface area contributed by atoms with Gasteiger partial charge in [-0.15, -0.1) is 11.8 Å². The van der Waals surface area contributed by atoms with Gasteiger partial charge in [-0.3, -0.25) is 0 Å². The molecule has 0 aliphatic heterocycles. The van der Waals surface area contributed by atoms with Crippen LogP contribution in [0.1, 0.15) is 6.92 Å². The first kappa shape index (κ1) is 14.5. The maximum Gasteiger partial charge on any atom is 0.179 e. The Hall–Kier alpha value is -0.560. The molecule has 1 rings (SSSR count). The van der Waals surface area contributed by atoms with Gasteiger partial charge in [0, 0.05) is 10.6 Å². The van der Waals surface area contributed by atoms with Gasteiger partial charge in [-0.05, 0) is 12.1 Å². The van der Waals surface area contributed by atoms with Gasteiger partial charge in [0.2, 0.25) is 0 Å². The fourth-order valence-corrected chi connectivity index (χ4v) is 3.61. The first-order valence-corrected chi connectivity index (χ1v) is 7.88. The molecule has 1 atom stereocenters. The smallest absolute Gasteiger partial charge is 0.179 e. The fraction of sp³-hybridized carbons (Fsp3) is 0.455. The molecule has 0 aromatic heterocycles. The summed E-state index contributed by atoms with van der Waals surface area (Å²) in [5, 5.41) is 18.0. The zero-order valence-corrected chi connectivity index (χ0v) is 11.2. The van der Waals surface area contributed by atoms with Crippen LogP contribution in [0.2, 0.25) is 0 Å². The summed E-state index contributed by atoms with van der Waals surface area (Å²) in [5.41, 5.74) is 0. The molecule has 0 amide bonds. The Morgan fingerprint density at radius 3 is 2.59 bits per heavy atom. The SMILES string of the molecule is CCS(=O)(=O)c1ccccc1SCC(O)CO. The third-order valence-electron chi connectivity index (χ3n) is 2.21. The number of benzene rings is 1. The van der Waals surface area contributed by atoms with Crippen molar-refractivity contribution in [3.8, 4) is 0 Å². The van der Waals surface area contributed by atoms with Crippen LogP contribution in [0.15, 0.2) is 34.1 Å². The molecule has 0 fully saturated rings. The Morgan fingerprint density at radius 2 is 2.00 bits per heavy atom. The number of hydrogen-bond donors (Lipinski definition) is 2. The van der Waals surface area contributed by atoms with Crippen LogP contribution in [-0.4, -0.2) is 42.8 Å². The molecule has 0 heterocycles. The monoisotopic (exact) mass is 276 g/mol. The standard InChI is InChI=1S/C11H16O4S2/c1-2-17(14,15)11-6-4-3-5-10(11)16-8-9(13)7-12/h3-6,9,12-13H,2,7-8H2,1H3. The van der Waals surface area contributed by atoms with E-state index in [1.165, 1.54) is 11.8 Å². The van der Waals surface area contributed by atoms with Gasteiger partial charge < -0.3 is 10.2 Å². The second-order valence-electron chi connectivity index (χ2n) is 3.50. The molecule has 0 bridgehead atoms. The summed E-state index contributed by atoms with van der Waals surface area (Å²) in [6.45, 7) is 1.27. The van der Waals surface area contributed by atoms with E-state index in [0.29, 0.717) is 4.90 Å². The van der Waals surface area contributed by atoms with Gasteiger partial charge in [0.05, 0.1) is 23.4 Å². The first-order valence-electron chi connectivity index (χ1n) is 5.24. The number of aliphatic hydroxyl groups is 2. The minimum atomic E-state index is -3.25. The Labute approximate surface area is 106 Å². The molecule has 0 radical (unpaired) electrons. The van der Waals surface area contributed by atoms with Crippen molar-refractivity contribution in [3.05, 3.63) is 24.3 Å². The van der Waals surface area contributed by atoms with E-state index in [0.717, 1.165) is 0 Å². The number of aliphatic hydroxyl groups excluding tert-OH is 2. The lowest BCUT2D eigenvalue weighted by Crippen LogP contribution is -2.15. The van der Waals surface area contributed by atoms with Crippen LogP contribution in [0.4, 0.5) is 0 Å². The van der Waals surface area contributed by atoms with Gasteiger partial charge in [0.15, 0.2) is 9.84 Å². The van der Waals surface area contributed by atoms with Crippen molar-refractivity contribution < 1.29 is 18.6 Å². The zero-order valence-electron chi connectivity index (χ0n) is 9.54. The van der Waals surface area contributed by atoms with Gasteiger partial charge >= 0.3 is 0 Å². The minimum Gasteiger partial charge on any atom is -0.394 e. The zero-order chi connectivity index (χ0) is 12.9. The Balaban J connectivity index is 2.93. The summed E-state index contributed by atoms with van der Waals surface area (Å²) in [4.78, 5) is 0.902. The highest BCUT2D eigenvalue weighted by molar-refractivity contribution is 8.00. The molecule has 0 aliphatic carbocycles. The molecule has 6 heteroatoms. The Kier molecular flexibility index (Phi) is 5.45. The molecule has 1 aromatic carbocycles. The molecule has 1 aromatic rings. The van der Waals surface area contributed by atoms with E-state index < -0.39 is 15.9 Å². The molecular weight excluding hydrogens is 260 g/mol. The van der Waals surface area contributed by atoms with Gasteiger partial charge in [-0.1, -0.05) is 19.1 Å². The largest absolute Gasteiger partial charge is 0.394 e. The van der Waals surface area contributed by atoms with Crippen LogP contribution in [0, 0.1) is 0 Å². The average Bonchev–Trinajstić information content (AvgIpc) is 2.36. The lowest BCUT2D eigenvalue weighted by atomic mass is 10.4. The molecule has 0 saturated heterocycles. The topological polar surface area (TPSA) is 74.6 Å². The van der Waals surface area contributed by atoms with Crippen LogP contribution in [-0.2, 0) is 9.84 Å². The number of hydrogen-bond acceptors (Lipinski definition) is 5. The lowest BCUT2D eigenvalue weighted by molar-refractivity contribution is 0.113. The van der Waals surface area contributed by atoms with Crippen molar-refractivity contribution in [2.75, 3.05) is 18.1 Å². The van der Waals surface area contributed by atoms with Crippen molar-refractivity contribution in [2.24, 2.45) is 0 Å². The summed E-state index contributed by atoms with van der Waals surface area (Å²) < 4.78 is 23.6. The number of thioether (sulfide) groups is 1. The van der Waals surface area contributed by atoms with Crippen molar-refractivity contribution in [2.45, 2.75) is 22.8 Å². The predicted octanol–water partition coefficient (Wildman–Crippen LogP) is 0.925. The third-order valence-corrected chi connectivity index (χ3v) is 5.34. The minimum absolute atomic E-state index is 0.0487. The van der Waals surface area contributed by atoms with Crippen LogP contribution in [0.5, 0.6) is 0 Å². The summed E-state index contributed by atoms with van der Waals surface area (Å²) in [6.07, 6.45) is -0.836. The van der Waals surface area contributed by atoms with Crippen LogP contribution in [0.25, 0.3) is 0 Å². The Morgan fingerprint density at radius 1 is 1.35 bits per heavy atom. The van der Waals surface area contributed by atoms with E-state index in [1.807, 2.05) is 0 Å². The highest BCUT2D eigenvalue weighted by Gasteiger charge is 2.16. The number of rotatable bonds is 6. The summed E-state index contributed by atoms with van der Waals surface area (Å²) >= 11 is 1.23. The lowest BCUT2D eigenvalue weighted by Gasteiger charge is -2.10. The summed E-state index contributed by atoms with van der Waals surface area (Å²) in [7, 11) is -3.25. The second kappa shape index (κ2) is 6.39. The molecule has 2 N–H and O–H groups in total. The van der Waals surface area contributed by atoms with Crippen LogP contribution < -0.4 is 0 Å². The van der Waals surface area contributed by atoms with Crippen molar-refractivity contribution in [3.63, 3.8) is 0 Å². The second-order valence-corrected chi connectivity index (χ2v) is 6.81. The van der Waals surface area contributed by atoms with Crippen LogP contribution >= 0.6 is 11.8 Å². The summed E-state index contributed by atoms with van der Waals surface area (Å²) in [5.74, 6) is 0.319. The Bertz CT molecular complexity index is 456. The molecule has 17 heavy (non-hydrogen) atoms. The summed E-state index contributed by atoms with van der Waals surface area (Å²) in [6, 6.07) is 6.70. The van der Waals surface area contributed by atoms with E-state index in [9.17, 15) is 13.5 Å². The fourth-order valence-electron chi connectivity index (χ4n) is 1.22. The quantitative estimate of drug-likeness (QED) is 0.756. The maximum atomic E-state index is 11.8. The van der Waals surface area contributed by atoms with Crippen molar-refractivity contribution >= 4 is 21.6 Å².